The highest BCUT2D eigenvalue weighted by Crippen LogP contribution is 2.19. The fourth-order valence-corrected chi connectivity index (χ4v) is 3.84. The topological polar surface area (TPSA) is 78.5 Å². The highest BCUT2D eigenvalue weighted by atomic mass is 35.5. The summed E-state index contributed by atoms with van der Waals surface area (Å²) in [5.41, 5.74) is 2.13. The zero-order valence-electron chi connectivity index (χ0n) is 16.6. The molecule has 0 spiro atoms. The summed E-state index contributed by atoms with van der Waals surface area (Å²) in [4.78, 5) is 12.7. The molecule has 2 aromatic rings. The lowest BCUT2D eigenvalue weighted by Gasteiger charge is -2.21. The molecule has 8 heteroatoms. The van der Waals surface area contributed by atoms with E-state index in [9.17, 15) is 13.2 Å². The van der Waals surface area contributed by atoms with Crippen molar-refractivity contribution in [3.63, 3.8) is 0 Å². The molecule has 0 atom stereocenters. The summed E-state index contributed by atoms with van der Waals surface area (Å²) in [5, 5.41) is 6.14. The minimum absolute atomic E-state index is 0. The molecule has 0 saturated heterocycles. The summed E-state index contributed by atoms with van der Waals surface area (Å²) in [6.07, 6.45) is 0. The van der Waals surface area contributed by atoms with Crippen LogP contribution >= 0.6 is 12.4 Å². The highest BCUT2D eigenvalue weighted by Gasteiger charge is 2.23. The summed E-state index contributed by atoms with van der Waals surface area (Å²) in [6, 6.07) is 13.4. The average Bonchev–Trinajstić information content (AvgIpc) is 2.66. The first kappa shape index (κ1) is 24.1. The van der Waals surface area contributed by atoms with E-state index < -0.39 is 10.0 Å². The molecule has 154 valence electrons. The molecule has 2 N–H and O–H groups in total. The molecule has 0 aromatic heterocycles. The van der Waals surface area contributed by atoms with E-state index in [0.29, 0.717) is 12.1 Å². The number of benzene rings is 2. The first-order valence-corrected chi connectivity index (χ1v) is 10.4. The maximum atomic E-state index is 12.6. The third kappa shape index (κ3) is 5.78. The van der Waals surface area contributed by atoms with E-state index in [0.717, 1.165) is 17.8 Å². The van der Waals surface area contributed by atoms with Crippen molar-refractivity contribution in [2.45, 2.75) is 38.3 Å². The zero-order valence-corrected chi connectivity index (χ0v) is 18.2. The normalized spacial score (nSPS) is 11.4. The van der Waals surface area contributed by atoms with Gasteiger partial charge >= 0.3 is 0 Å². The summed E-state index contributed by atoms with van der Waals surface area (Å²) < 4.78 is 26.3. The van der Waals surface area contributed by atoms with Crippen molar-refractivity contribution >= 4 is 34.0 Å². The number of carbonyl (C=O) groups excluding carboxylic acids is 1. The molecule has 0 unspecified atom stereocenters. The van der Waals surface area contributed by atoms with E-state index in [1.165, 1.54) is 28.6 Å². The third-order valence-corrected chi connectivity index (χ3v) is 6.40. The fourth-order valence-electron chi connectivity index (χ4n) is 2.47. The number of hydrogen-bond donors (Lipinski definition) is 2. The lowest BCUT2D eigenvalue weighted by molar-refractivity contribution is 0.102. The van der Waals surface area contributed by atoms with Gasteiger partial charge in [0.25, 0.3) is 5.91 Å². The van der Waals surface area contributed by atoms with Crippen LogP contribution in [-0.2, 0) is 16.6 Å². The van der Waals surface area contributed by atoms with Gasteiger partial charge in [0.15, 0.2) is 0 Å². The van der Waals surface area contributed by atoms with Crippen molar-refractivity contribution in [1.29, 1.82) is 0 Å². The molecule has 1 amide bonds. The van der Waals surface area contributed by atoms with Gasteiger partial charge in [0.1, 0.15) is 0 Å². The maximum absolute atomic E-state index is 12.6. The molecule has 0 saturated carbocycles. The predicted molar refractivity (Wildman–Crippen MR) is 116 cm³/mol. The van der Waals surface area contributed by atoms with Crippen molar-refractivity contribution in [3.05, 3.63) is 59.7 Å². The number of nitrogens with zero attached hydrogens (tertiary/aromatic N) is 1. The number of nitrogens with one attached hydrogen (secondary N) is 2. The van der Waals surface area contributed by atoms with Crippen LogP contribution in [0, 0.1) is 0 Å². The van der Waals surface area contributed by atoms with Crippen molar-refractivity contribution in [2.24, 2.45) is 0 Å². The van der Waals surface area contributed by atoms with Crippen LogP contribution in [-0.4, -0.2) is 38.3 Å². The molecule has 0 fully saturated rings. The van der Waals surface area contributed by atoms with Crippen LogP contribution < -0.4 is 10.6 Å². The lowest BCUT2D eigenvalue weighted by atomic mass is 10.1. The Morgan fingerprint density at radius 3 is 2.25 bits per heavy atom. The first-order valence-electron chi connectivity index (χ1n) is 8.95. The van der Waals surface area contributed by atoms with Crippen LogP contribution in [0.5, 0.6) is 0 Å². The maximum Gasteiger partial charge on any atom is 0.255 e. The van der Waals surface area contributed by atoms with E-state index in [4.69, 9.17) is 0 Å². The van der Waals surface area contributed by atoms with Gasteiger partial charge in [-0.1, -0.05) is 25.1 Å². The van der Waals surface area contributed by atoms with Gasteiger partial charge in [0.2, 0.25) is 10.0 Å². The summed E-state index contributed by atoms with van der Waals surface area (Å²) in [5.74, 6) is -0.278. The number of carbonyl (C=O) groups is 1. The minimum atomic E-state index is -3.56. The van der Waals surface area contributed by atoms with Crippen LogP contribution in [0.25, 0.3) is 0 Å². The highest BCUT2D eigenvalue weighted by molar-refractivity contribution is 7.89. The van der Waals surface area contributed by atoms with E-state index >= 15 is 0 Å². The van der Waals surface area contributed by atoms with E-state index in [2.05, 4.69) is 10.6 Å². The molecule has 0 radical (unpaired) electrons. The number of rotatable bonds is 8. The molecule has 0 heterocycles. The molecule has 0 aliphatic carbocycles. The number of amides is 1. The second kappa shape index (κ2) is 10.6. The van der Waals surface area contributed by atoms with Crippen LogP contribution in [0.15, 0.2) is 53.4 Å². The molecular weight excluding hydrogens is 398 g/mol. The first-order chi connectivity index (χ1) is 12.8. The van der Waals surface area contributed by atoms with Crippen molar-refractivity contribution < 1.29 is 13.2 Å². The van der Waals surface area contributed by atoms with Crippen LogP contribution in [0.2, 0.25) is 0 Å². The fraction of sp³-hybridized carbons (Fsp3) is 0.350. The Balaban J connectivity index is 0.00000392. The van der Waals surface area contributed by atoms with E-state index in [1.807, 2.05) is 45.0 Å². The van der Waals surface area contributed by atoms with Crippen LogP contribution in [0.3, 0.4) is 0 Å². The smallest absolute Gasteiger partial charge is 0.255 e. The largest absolute Gasteiger partial charge is 0.322 e. The molecule has 2 aromatic carbocycles. The van der Waals surface area contributed by atoms with Crippen LogP contribution in [0.4, 0.5) is 5.69 Å². The molecule has 0 bridgehead atoms. The SMILES string of the molecule is CCNCc1ccccc1NC(=O)c1ccc(S(=O)(=O)N(C)C(C)C)cc1.Cl. The monoisotopic (exact) mass is 425 g/mol. The van der Waals surface area contributed by atoms with Crippen LogP contribution in [0.1, 0.15) is 36.7 Å². The van der Waals surface area contributed by atoms with Gasteiger partial charge in [-0.05, 0) is 56.3 Å². The summed E-state index contributed by atoms with van der Waals surface area (Å²) >= 11 is 0. The van der Waals surface area contributed by atoms with Crippen molar-refractivity contribution in [2.75, 3.05) is 18.9 Å². The molecule has 0 aliphatic heterocycles. The zero-order chi connectivity index (χ0) is 20.0. The Labute approximate surface area is 173 Å². The standard InChI is InChI=1S/C20H27N3O3S.ClH/c1-5-21-14-17-8-6-7-9-19(17)22-20(24)16-10-12-18(13-11-16)27(25,26)23(4)15(2)3;/h6-13,15,21H,5,14H2,1-4H3,(H,22,24);1H. The molecular formula is C20H28ClN3O3S. The molecule has 6 nitrogen and oxygen atoms in total. The number of sulfonamides is 1. The van der Waals surface area contributed by atoms with Gasteiger partial charge in [-0.3, -0.25) is 4.79 Å². The van der Waals surface area contributed by atoms with Crippen molar-refractivity contribution in [3.8, 4) is 0 Å². The Hall–Kier alpha value is -1.93. The molecule has 28 heavy (non-hydrogen) atoms. The number of halogens is 1. The summed E-state index contributed by atoms with van der Waals surface area (Å²) in [6.45, 7) is 7.14. The van der Waals surface area contributed by atoms with Gasteiger partial charge in [-0.2, -0.15) is 4.31 Å². The second-order valence-electron chi connectivity index (χ2n) is 6.53. The average molecular weight is 426 g/mol. The van der Waals surface area contributed by atoms with Gasteiger partial charge in [0, 0.05) is 30.9 Å². The molecule has 0 aliphatic rings. The van der Waals surface area contributed by atoms with Gasteiger partial charge < -0.3 is 10.6 Å². The Morgan fingerprint density at radius 1 is 1.07 bits per heavy atom. The van der Waals surface area contributed by atoms with Gasteiger partial charge in [-0.15, -0.1) is 12.4 Å². The minimum Gasteiger partial charge on any atom is -0.322 e. The third-order valence-electron chi connectivity index (χ3n) is 4.35. The quantitative estimate of drug-likeness (QED) is 0.678. The van der Waals surface area contributed by atoms with Gasteiger partial charge in [-0.25, -0.2) is 8.42 Å². The Morgan fingerprint density at radius 2 is 1.68 bits per heavy atom. The van der Waals surface area contributed by atoms with Gasteiger partial charge in [0.05, 0.1) is 4.90 Å². The predicted octanol–water partition coefficient (Wildman–Crippen LogP) is 3.50. The number of para-hydroxylation sites is 1. The second-order valence-corrected chi connectivity index (χ2v) is 8.53. The van der Waals surface area contributed by atoms with E-state index in [-0.39, 0.29) is 29.3 Å². The number of hydrogen-bond acceptors (Lipinski definition) is 4. The number of anilines is 1. The van der Waals surface area contributed by atoms with E-state index in [1.54, 1.807) is 7.05 Å². The Kier molecular flexibility index (Phi) is 9.10. The van der Waals surface area contributed by atoms with Crippen molar-refractivity contribution in [1.82, 2.24) is 9.62 Å². The molecule has 2 rings (SSSR count). The lowest BCUT2D eigenvalue weighted by Crippen LogP contribution is -2.33. The Bertz CT molecular complexity index is 884. The summed E-state index contributed by atoms with van der Waals surface area (Å²) in [7, 11) is -2.02.